The second-order valence-corrected chi connectivity index (χ2v) is 8.12. The van der Waals surface area contributed by atoms with Crippen LogP contribution in [0.25, 0.3) is 0 Å². The summed E-state index contributed by atoms with van der Waals surface area (Å²) < 4.78 is 0. The first-order valence-corrected chi connectivity index (χ1v) is 10.1. The van der Waals surface area contributed by atoms with Gasteiger partial charge >= 0.3 is 5.97 Å². The Kier molecular flexibility index (Phi) is 11.0. The number of hydrogen-bond acceptors (Lipinski definition) is 4. The van der Waals surface area contributed by atoms with Gasteiger partial charge in [0.2, 0.25) is 5.91 Å². The van der Waals surface area contributed by atoms with Crippen molar-refractivity contribution in [1.29, 1.82) is 0 Å². The molecule has 164 valence electrons. The number of likely N-dealkylation sites (tertiary alicyclic amines) is 1. The Labute approximate surface area is 193 Å². The highest BCUT2D eigenvalue weighted by atomic mass is 35.5. The van der Waals surface area contributed by atoms with Crippen LogP contribution in [0.15, 0.2) is 18.2 Å². The third kappa shape index (κ3) is 7.46. The van der Waals surface area contributed by atoms with Crippen molar-refractivity contribution in [1.82, 2.24) is 14.7 Å². The van der Waals surface area contributed by atoms with Crippen LogP contribution in [0, 0.1) is 0 Å². The fourth-order valence-corrected chi connectivity index (χ4v) is 4.25. The molecule has 2 aliphatic heterocycles. The number of carboxylic acids is 1. The molecule has 2 heterocycles. The van der Waals surface area contributed by atoms with Gasteiger partial charge in [-0.05, 0) is 43.6 Å². The summed E-state index contributed by atoms with van der Waals surface area (Å²) in [5.41, 5.74) is 0.835. The minimum Gasteiger partial charge on any atom is -0.480 e. The lowest BCUT2D eigenvalue weighted by atomic mass is 10.1. The van der Waals surface area contributed by atoms with Crippen molar-refractivity contribution in [2.24, 2.45) is 0 Å². The molecular weight excluding hydrogens is 460 g/mol. The lowest BCUT2D eigenvalue weighted by Crippen LogP contribution is -2.59. The minimum absolute atomic E-state index is 0. The Hall–Kier alpha value is -0.760. The largest absolute Gasteiger partial charge is 0.480 e. The van der Waals surface area contributed by atoms with Gasteiger partial charge < -0.3 is 14.9 Å². The minimum atomic E-state index is -0.828. The number of rotatable bonds is 6. The normalized spacial score (nSPS) is 20.1. The van der Waals surface area contributed by atoms with E-state index in [1.807, 2.05) is 15.9 Å². The Balaban J connectivity index is 0.00000210. The van der Waals surface area contributed by atoms with E-state index in [4.69, 9.17) is 28.3 Å². The Bertz CT molecular complexity index is 701. The standard InChI is InChI=1S/C19H25Cl2N3O3.2ClH/c20-16-4-3-14(9-17(16)21)10-18(25)24-8-7-23(13-19(26)27)12-15(24)11-22-5-1-2-6-22;;/h3-4,9,15H,1-2,5-8,10-13H2,(H,26,27);2*1H/t15-;;/m1../s1. The summed E-state index contributed by atoms with van der Waals surface area (Å²) >= 11 is 12.0. The molecule has 0 aromatic heterocycles. The highest BCUT2D eigenvalue weighted by Gasteiger charge is 2.32. The number of carbonyl (C=O) groups is 2. The first-order valence-electron chi connectivity index (χ1n) is 9.32. The highest BCUT2D eigenvalue weighted by Crippen LogP contribution is 2.23. The van der Waals surface area contributed by atoms with E-state index >= 15 is 0 Å². The quantitative estimate of drug-likeness (QED) is 0.669. The number of carboxylic acid groups (broad SMARTS) is 1. The number of nitrogens with zero attached hydrogens (tertiary/aromatic N) is 3. The second-order valence-electron chi connectivity index (χ2n) is 7.30. The van der Waals surface area contributed by atoms with Gasteiger partial charge in [-0.15, -0.1) is 24.8 Å². The van der Waals surface area contributed by atoms with Crippen LogP contribution in [0.5, 0.6) is 0 Å². The molecule has 6 nitrogen and oxygen atoms in total. The summed E-state index contributed by atoms with van der Waals surface area (Å²) in [6, 6.07) is 5.27. The molecule has 1 atom stereocenters. The number of piperazine rings is 1. The smallest absolute Gasteiger partial charge is 0.317 e. The van der Waals surface area contributed by atoms with Gasteiger partial charge in [0.15, 0.2) is 0 Å². The fraction of sp³-hybridized carbons (Fsp3) is 0.579. The lowest BCUT2D eigenvalue weighted by Gasteiger charge is -2.42. The number of hydrogen-bond donors (Lipinski definition) is 1. The third-order valence-electron chi connectivity index (χ3n) is 5.25. The van der Waals surface area contributed by atoms with Gasteiger partial charge in [-0.25, -0.2) is 0 Å². The van der Waals surface area contributed by atoms with E-state index in [0.29, 0.717) is 29.7 Å². The Morgan fingerprint density at radius 1 is 1.00 bits per heavy atom. The van der Waals surface area contributed by atoms with E-state index in [9.17, 15) is 9.59 Å². The van der Waals surface area contributed by atoms with Gasteiger partial charge in [-0.1, -0.05) is 29.3 Å². The SMILES string of the molecule is Cl.Cl.O=C(O)CN1CCN(C(=O)Cc2ccc(Cl)c(Cl)c2)[C@H](CN2CCCC2)C1. The van der Waals surface area contributed by atoms with E-state index in [0.717, 1.165) is 25.2 Å². The van der Waals surface area contributed by atoms with Crippen molar-refractivity contribution in [2.75, 3.05) is 45.8 Å². The summed E-state index contributed by atoms with van der Waals surface area (Å²) in [5, 5.41) is 10.0. The van der Waals surface area contributed by atoms with Gasteiger partial charge in [0, 0.05) is 26.2 Å². The average Bonchev–Trinajstić information content (AvgIpc) is 3.11. The second kappa shape index (κ2) is 12.2. The Morgan fingerprint density at radius 2 is 1.69 bits per heavy atom. The molecule has 0 aliphatic carbocycles. The molecule has 29 heavy (non-hydrogen) atoms. The van der Waals surface area contributed by atoms with Crippen molar-refractivity contribution >= 4 is 59.9 Å². The van der Waals surface area contributed by atoms with E-state index in [-0.39, 0.29) is 49.7 Å². The van der Waals surface area contributed by atoms with Crippen LogP contribution in [-0.4, -0.2) is 83.5 Å². The summed E-state index contributed by atoms with van der Waals surface area (Å²) in [6.45, 7) is 4.63. The maximum atomic E-state index is 13.0. The molecule has 1 aromatic carbocycles. The van der Waals surface area contributed by atoms with E-state index < -0.39 is 5.97 Å². The monoisotopic (exact) mass is 485 g/mol. The molecule has 1 aromatic rings. The third-order valence-corrected chi connectivity index (χ3v) is 5.99. The predicted octanol–water partition coefficient (Wildman–Crippen LogP) is 3.07. The molecule has 2 fully saturated rings. The van der Waals surface area contributed by atoms with Crippen LogP contribution in [0.4, 0.5) is 0 Å². The maximum Gasteiger partial charge on any atom is 0.317 e. The molecule has 2 saturated heterocycles. The van der Waals surface area contributed by atoms with Crippen molar-refractivity contribution in [3.05, 3.63) is 33.8 Å². The summed E-state index contributed by atoms with van der Waals surface area (Å²) in [4.78, 5) is 30.3. The molecule has 0 bridgehead atoms. The van der Waals surface area contributed by atoms with Gasteiger partial charge in [0.1, 0.15) is 0 Å². The van der Waals surface area contributed by atoms with Crippen molar-refractivity contribution in [2.45, 2.75) is 25.3 Å². The molecule has 1 amide bonds. The molecule has 0 spiro atoms. The van der Waals surface area contributed by atoms with Crippen LogP contribution in [0.2, 0.25) is 10.0 Å². The van der Waals surface area contributed by atoms with Crippen LogP contribution >= 0.6 is 48.0 Å². The predicted molar refractivity (Wildman–Crippen MR) is 120 cm³/mol. The molecule has 0 unspecified atom stereocenters. The lowest BCUT2D eigenvalue weighted by molar-refractivity contribution is -0.141. The highest BCUT2D eigenvalue weighted by molar-refractivity contribution is 6.42. The van der Waals surface area contributed by atoms with E-state index in [1.54, 1.807) is 12.1 Å². The number of halogens is 4. The van der Waals surface area contributed by atoms with E-state index in [2.05, 4.69) is 4.90 Å². The van der Waals surface area contributed by atoms with Crippen molar-refractivity contribution < 1.29 is 14.7 Å². The molecule has 1 N–H and O–H groups in total. The summed E-state index contributed by atoms with van der Waals surface area (Å²) in [6.07, 6.45) is 2.64. The summed E-state index contributed by atoms with van der Waals surface area (Å²) in [7, 11) is 0. The van der Waals surface area contributed by atoms with Crippen molar-refractivity contribution in [3.63, 3.8) is 0 Å². The van der Waals surface area contributed by atoms with Crippen LogP contribution in [0.3, 0.4) is 0 Å². The fourth-order valence-electron chi connectivity index (χ4n) is 3.93. The molecule has 0 saturated carbocycles. The molecule has 10 heteroatoms. The molecule has 2 aliphatic rings. The Morgan fingerprint density at radius 3 is 2.31 bits per heavy atom. The van der Waals surface area contributed by atoms with Crippen LogP contribution in [-0.2, 0) is 16.0 Å². The van der Waals surface area contributed by atoms with Gasteiger partial charge in [-0.3, -0.25) is 14.5 Å². The summed E-state index contributed by atoms with van der Waals surface area (Å²) in [5.74, 6) is -0.780. The first-order chi connectivity index (χ1) is 12.9. The van der Waals surface area contributed by atoms with Crippen LogP contribution in [0.1, 0.15) is 18.4 Å². The zero-order chi connectivity index (χ0) is 19.4. The zero-order valence-electron chi connectivity index (χ0n) is 16.1. The first kappa shape index (κ1) is 26.3. The van der Waals surface area contributed by atoms with Crippen molar-refractivity contribution in [3.8, 4) is 0 Å². The van der Waals surface area contributed by atoms with Gasteiger partial charge in [0.25, 0.3) is 0 Å². The number of amides is 1. The topological polar surface area (TPSA) is 64.1 Å². The van der Waals surface area contributed by atoms with Crippen LogP contribution < -0.4 is 0 Å². The maximum absolute atomic E-state index is 13.0. The zero-order valence-corrected chi connectivity index (χ0v) is 19.2. The average molecular weight is 487 g/mol. The van der Waals surface area contributed by atoms with Gasteiger partial charge in [-0.2, -0.15) is 0 Å². The van der Waals surface area contributed by atoms with E-state index in [1.165, 1.54) is 12.8 Å². The molecule has 3 rings (SSSR count). The molecule has 0 radical (unpaired) electrons. The van der Waals surface area contributed by atoms with Gasteiger partial charge in [0.05, 0.1) is 29.1 Å². The molecular formula is C19H27Cl4N3O3. The number of aliphatic carboxylic acids is 1. The number of carbonyl (C=O) groups excluding carboxylic acids is 1. The number of benzene rings is 1.